The summed E-state index contributed by atoms with van der Waals surface area (Å²) in [6.45, 7) is 0. The highest BCUT2D eigenvalue weighted by atomic mass is 35.5. The average Bonchev–Trinajstić information content (AvgIpc) is 2.99. The minimum Gasteiger partial charge on any atom is -0.374 e. The molecule has 0 amide bonds. The third-order valence-corrected chi connectivity index (χ3v) is 4.54. The number of azo groups is 1. The van der Waals surface area contributed by atoms with Crippen LogP contribution < -0.4 is 11.3 Å². The normalized spacial score (nSPS) is 11.1. The monoisotopic (exact) mass is 436 g/mol. The molecule has 9 nitrogen and oxygen atoms in total. The first-order valence-corrected chi connectivity index (χ1v) is 8.71. The van der Waals surface area contributed by atoms with Crippen LogP contribution in [-0.2, 0) is 0 Å². The molecule has 28 heavy (non-hydrogen) atoms. The van der Waals surface area contributed by atoms with Crippen molar-refractivity contribution in [1.82, 2.24) is 9.78 Å². The van der Waals surface area contributed by atoms with Crippen LogP contribution in [0.15, 0.2) is 57.5 Å². The van der Waals surface area contributed by atoms with E-state index < -0.39 is 10.5 Å². The summed E-state index contributed by atoms with van der Waals surface area (Å²) in [6, 6.07) is 10.1. The Labute approximate surface area is 172 Å². The van der Waals surface area contributed by atoms with Crippen LogP contribution in [0.25, 0.3) is 11.3 Å². The summed E-state index contributed by atoms with van der Waals surface area (Å²) < 4.78 is 0.926. The van der Waals surface area contributed by atoms with E-state index in [-0.39, 0.29) is 27.2 Å². The van der Waals surface area contributed by atoms with Gasteiger partial charge in [0.25, 0.3) is 5.69 Å². The van der Waals surface area contributed by atoms with Crippen molar-refractivity contribution in [2.24, 2.45) is 16.0 Å². The molecule has 1 aromatic heterocycles. The minimum absolute atomic E-state index is 0.0762. The van der Waals surface area contributed by atoms with Gasteiger partial charge in [-0.1, -0.05) is 23.2 Å². The molecule has 142 valence electrons. The lowest BCUT2D eigenvalue weighted by molar-refractivity contribution is -0.384. The second-order valence-electron chi connectivity index (χ2n) is 5.42. The van der Waals surface area contributed by atoms with Crippen LogP contribution in [0.2, 0.25) is 10.0 Å². The van der Waals surface area contributed by atoms with E-state index in [0.29, 0.717) is 16.3 Å². The molecule has 0 saturated heterocycles. The van der Waals surface area contributed by atoms with Crippen LogP contribution in [0.4, 0.5) is 17.1 Å². The number of aromatic nitrogens is 2. The van der Waals surface area contributed by atoms with Crippen LogP contribution in [0.1, 0.15) is 0 Å². The highest BCUT2D eigenvalue weighted by molar-refractivity contribution is 7.80. The second kappa shape index (κ2) is 7.89. The van der Waals surface area contributed by atoms with Crippen molar-refractivity contribution in [2.45, 2.75) is 0 Å². The number of non-ortho nitro benzene ring substituents is 1. The molecular weight excluding hydrogens is 427 g/mol. The Morgan fingerprint density at radius 3 is 2.39 bits per heavy atom. The fourth-order valence-corrected chi connectivity index (χ4v) is 2.70. The van der Waals surface area contributed by atoms with Crippen LogP contribution in [0.3, 0.4) is 0 Å². The number of nitro benzene ring substituents is 1. The van der Waals surface area contributed by atoms with Crippen molar-refractivity contribution >= 4 is 57.6 Å². The van der Waals surface area contributed by atoms with E-state index in [2.05, 4.69) is 15.3 Å². The molecular formula is C16H10Cl2N6O3S. The minimum atomic E-state index is -0.621. The standard InChI is InChI=1S/C16H10Cl2N6O3S/c17-11-6-3-9(7-12(11)18)20-21-14-13(22-23(15(14)25)16(19)28)8-1-4-10(5-2-8)24(26)27/h1-7,22H,(H2,19,28). The number of benzene rings is 2. The number of hydrogen-bond acceptors (Lipinski definition) is 6. The van der Waals surface area contributed by atoms with E-state index in [1.807, 2.05) is 0 Å². The lowest BCUT2D eigenvalue weighted by atomic mass is 10.1. The number of thiocarbonyl (C=S) groups is 1. The van der Waals surface area contributed by atoms with Crippen LogP contribution in [0.5, 0.6) is 0 Å². The molecule has 3 rings (SSSR count). The fraction of sp³-hybridized carbons (Fsp3) is 0. The molecule has 3 aromatic rings. The van der Waals surface area contributed by atoms with Gasteiger partial charge in [0.05, 0.1) is 26.3 Å². The Kier molecular flexibility index (Phi) is 5.54. The average molecular weight is 437 g/mol. The first-order chi connectivity index (χ1) is 13.3. The number of nitro groups is 1. The Morgan fingerprint density at radius 2 is 1.82 bits per heavy atom. The molecule has 0 aliphatic rings. The van der Waals surface area contributed by atoms with Gasteiger partial charge >= 0.3 is 5.56 Å². The van der Waals surface area contributed by atoms with Crippen LogP contribution in [-0.4, -0.2) is 19.8 Å². The SMILES string of the molecule is NC(=S)n1[nH]c(-c2ccc([N+](=O)[O-])cc2)c(N=Nc2ccc(Cl)c(Cl)c2)c1=O. The maximum absolute atomic E-state index is 12.6. The van der Waals surface area contributed by atoms with E-state index in [1.54, 1.807) is 12.1 Å². The fourth-order valence-electron chi connectivity index (χ4n) is 2.28. The Morgan fingerprint density at radius 1 is 1.14 bits per heavy atom. The summed E-state index contributed by atoms with van der Waals surface area (Å²) in [5, 5.41) is 22.0. The molecule has 1 heterocycles. The highest BCUT2D eigenvalue weighted by Gasteiger charge is 2.18. The van der Waals surface area contributed by atoms with Crippen LogP contribution in [0, 0.1) is 10.1 Å². The molecule has 0 aliphatic carbocycles. The summed E-state index contributed by atoms with van der Waals surface area (Å²) in [5.41, 5.74) is 5.83. The number of nitrogens with one attached hydrogen (secondary N) is 1. The van der Waals surface area contributed by atoms with Crippen molar-refractivity contribution in [3.05, 3.63) is 73.0 Å². The topological polar surface area (TPSA) is 132 Å². The largest absolute Gasteiger partial charge is 0.374 e. The van der Waals surface area contributed by atoms with E-state index in [0.717, 1.165) is 4.68 Å². The zero-order valence-electron chi connectivity index (χ0n) is 13.8. The predicted molar refractivity (Wildman–Crippen MR) is 110 cm³/mol. The van der Waals surface area contributed by atoms with Crippen molar-refractivity contribution in [2.75, 3.05) is 0 Å². The zero-order chi connectivity index (χ0) is 20.4. The quantitative estimate of drug-likeness (QED) is 0.267. The molecule has 0 atom stereocenters. The second-order valence-corrected chi connectivity index (χ2v) is 6.65. The number of nitrogens with two attached hydrogens (primary N) is 1. The molecule has 0 saturated carbocycles. The lowest BCUT2D eigenvalue weighted by Crippen LogP contribution is -2.29. The van der Waals surface area contributed by atoms with Crippen molar-refractivity contribution < 1.29 is 4.92 Å². The molecule has 0 fully saturated rings. The summed E-state index contributed by atoms with van der Waals surface area (Å²) in [4.78, 5) is 22.9. The van der Waals surface area contributed by atoms with Gasteiger partial charge in [0, 0.05) is 17.7 Å². The lowest BCUT2D eigenvalue weighted by Gasteiger charge is -2.00. The Bertz CT molecular complexity index is 1170. The van der Waals surface area contributed by atoms with E-state index >= 15 is 0 Å². The molecule has 0 unspecified atom stereocenters. The number of aromatic amines is 1. The summed E-state index contributed by atoms with van der Waals surface area (Å²) >= 11 is 16.7. The van der Waals surface area contributed by atoms with E-state index in [4.69, 9.17) is 41.2 Å². The van der Waals surface area contributed by atoms with Gasteiger partial charge in [0.2, 0.25) is 0 Å². The molecule has 12 heteroatoms. The van der Waals surface area contributed by atoms with Gasteiger partial charge in [-0.05, 0) is 42.5 Å². The third kappa shape index (κ3) is 3.93. The third-order valence-electron chi connectivity index (χ3n) is 3.62. The Hall–Kier alpha value is -3.08. The molecule has 0 spiro atoms. The summed E-state index contributed by atoms with van der Waals surface area (Å²) in [5.74, 6) is 0. The molecule has 0 aliphatic heterocycles. The van der Waals surface area contributed by atoms with Gasteiger partial charge in [-0.15, -0.1) is 5.11 Å². The van der Waals surface area contributed by atoms with Crippen LogP contribution >= 0.6 is 35.4 Å². The molecule has 0 bridgehead atoms. The zero-order valence-corrected chi connectivity index (χ0v) is 16.1. The highest BCUT2D eigenvalue weighted by Crippen LogP contribution is 2.30. The first kappa shape index (κ1) is 19.7. The van der Waals surface area contributed by atoms with Gasteiger partial charge in [-0.3, -0.25) is 20.0 Å². The predicted octanol–water partition coefficient (Wildman–Crippen LogP) is 4.57. The summed E-state index contributed by atoms with van der Waals surface area (Å²) in [7, 11) is 0. The van der Waals surface area contributed by atoms with Crippen molar-refractivity contribution in [1.29, 1.82) is 0 Å². The van der Waals surface area contributed by atoms with Crippen molar-refractivity contribution in [3.8, 4) is 11.3 Å². The number of nitrogens with zero attached hydrogens (tertiary/aromatic N) is 4. The Balaban J connectivity index is 2.10. The maximum Gasteiger partial charge on any atom is 0.301 e. The van der Waals surface area contributed by atoms with Gasteiger partial charge in [-0.2, -0.15) is 9.80 Å². The van der Waals surface area contributed by atoms with E-state index in [1.165, 1.54) is 30.3 Å². The van der Waals surface area contributed by atoms with Crippen molar-refractivity contribution in [3.63, 3.8) is 0 Å². The van der Waals surface area contributed by atoms with Gasteiger partial charge in [0.15, 0.2) is 10.8 Å². The molecule has 3 N–H and O–H groups in total. The molecule has 0 radical (unpaired) electrons. The smallest absolute Gasteiger partial charge is 0.301 e. The summed E-state index contributed by atoms with van der Waals surface area (Å²) in [6.07, 6.45) is 0. The maximum atomic E-state index is 12.6. The molecule has 2 aromatic carbocycles. The number of halogens is 2. The van der Waals surface area contributed by atoms with Gasteiger partial charge in [-0.25, -0.2) is 0 Å². The first-order valence-electron chi connectivity index (χ1n) is 7.54. The van der Waals surface area contributed by atoms with E-state index in [9.17, 15) is 14.9 Å². The number of rotatable bonds is 4. The van der Waals surface area contributed by atoms with Gasteiger partial charge in [0.1, 0.15) is 0 Å². The number of hydrogen-bond donors (Lipinski definition) is 2. The number of H-pyrrole nitrogens is 1. The van der Waals surface area contributed by atoms with Gasteiger partial charge < -0.3 is 5.73 Å².